The fourth-order valence-electron chi connectivity index (χ4n) is 4.33. The average Bonchev–Trinajstić information content (AvgIpc) is 3.27. The lowest BCUT2D eigenvalue weighted by molar-refractivity contribution is -0.141. The molecule has 1 amide bonds. The Hall–Kier alpha value is -4.61. The summed E-state index contributed by atoms with van der Waals surface area (Å²) in [5.41, 5.74) is -2.84. The van der Waals surface area contributed by atoms with Crippen molar-refractivity contribution in [2.45, 2.75) is 25.3 Å². The van der Waals surface area contributed by atoms with E-state index in [1.807, 2.05) is 0 Å². The van der Waals surface area contributed by atoms with Gasteiger partial charge in [0.25, 0.3) is 5.56 Å². The Morgan fingerprint density at radius 2 is 1.59 bits per heavy atom. The van der Waals surface area contributed by atoms with Gasteiger partial charge in [-0.05, 0) is 34.0 Å². The van der Waals surface area contributed by atoms with Crippen molar-refractivity contribution in [3.05, 3.63) is 106 Å². The van der Waals surface area contributed by atoms with Crippen LogP contribution in [0.3, 0.4) is 0 Å². The van der Waals surface area contributed by atoms with Gasteiger partial charge in [-0.25, -0.2) is 9.50 Å². The number of H-pyrrole nitrogens is 1. The predicted octanol–water partition coefficient (Wildman–Crippen LogP) is 5.74. The van der Waals surface area contributed by atoms with Crippen molar-refractivity contribution in [3.8, 4) is 11.1 Å². The van der Waals surface area contributed by atoms with Crippen molar-refractivity contribution < 1.29 is 31.1 Å². The fraction of sp³-hybridized carbons (Fsp3) is 0.148. The molecule has 2 aromatic heterocycles. The van der Waals surface area contributed by atoms with E-state index < -0.39 is 35.1 Å². The van der Waals surface area contributed by atoms with Gasteiger partial charge in [0.05, 0.1) is 29.8 Å². The molecule has 0 radical (unpaired) electrons. The minimum Gasteiger partial charge on any atom is -0.350 e. The monoisotopic (exact) mass is 544 g/mol. The van der Waals surface area contributed by atoms with Gasteiger partial charge in [0, 0.05) is 6.07 Å². The number of nitrogens with one attached hydrogen (secondary N) is 2. The molecule has 39 heavy (non-hydrogen) atoms. The zero-order valence-corrected chi connectivity index (χ0v) is 19.8. The van der Waals surface area contributed by atoms with E-state index in [-0.39, 0.29) is 35.4 Å². The lowest BCUT2D eigenvalue weighted by atomic mass is 9.98. The number of fused-ring (bicyclic) bond motifs is 2. The molecule has 0 saturated carbocycles. The van der Waals surface area contributed by atoms with Gasteiger partial charge in [-0.3, -0.25) is 14.7 Å². The highest BCUT2D eigenvalue weighted by molar-refractivity contribution is 6.00. The molecule has 0 saturated heterocycles. The molecule has 0 aliphatic heterocycles. The van der Waals surface area contributed by atoms with Crippen molar-refractivity contribution in [1.29, 1.82) is 0 Å². The average molecular weight is 544 g/mol. The largest absolute Gasteiger partial charge is 0.433 e. The minimum absolute atomic E-state index is 0.00924. The maximum atomic E-state index is 14.1. The van der Waals surface area contributed by atoms with Gasteiger partial charge in [0.15, 0.2) is 5.65 Å². The third-order valence-electron chi connectivity index (χ3n) is 6.12. The van der Waals surface area contributed by atoms with Gasteiger partial charge < -0.3 is 5.32 Å². The topological polar surface area (TPSA) is 79.3 Å². The molecule has 12 heteroatoms. The van der Waals surface area contributed by atoms with Gasteiger partial charge in [0.1, 0.15) is 5.69 Å². The van der Waals surface area contributed by atoms with Crippen LogP contribution in [-0.2, 0) is 30.1 Å². The number of hydrogen-bond acceptors (Lipinski definition) is 3. The van der Waals surface area contributed by atoms with Gasteiger partial charge >= 0.3 is 12.4 Å². The number of nitrogens with zero attached hydrogens (tertiary/aromatic N) is 2. The van der Waals surface area contributed by atoms with Crippen molar-refractivity contribution in [2.75, 3.05) is 0 Å². The standard InChI is InChI=1S/C27H18F6N4O2/c28-26(29,30)17-10-8-15(9-11-17)12-21(38)34-14-18-13-22(39)37-25(35-18)23(24(36-37)27(31,32)33)20-7-3-5-16-4-1-2-6-19(16)20/h1-11,13,36H,12,14H2,(H,34,38). The van der Waals surface area contributed by atoms with Crippen molar-refractivity contribution >= 4 is 22.3 Å². The normalized spacial score (nSPS) is 12.3. The lowest BCUT2D eigenvalue weighted by Gasteiger charge is -2.10. The summed E-state index contributed by atoms with van der Waals surface area (Å²) in [4.78, 5) is 29.4. The van der Waals surface area contributed by atoms with Gasteiger partial charge in [0.2, 0.25) is 5.91 Å². The number of carbonyl (C=O) groups excluding carboxylic acids is 1. The van der Waals surface area contributed by atoms with Crippen LogP contribution in [0.5, 0.6) is 0 Å². The third-order valence-corrected chi connectivity index (χ3v) is 6.12. The van der Waals surface area contributed by atoms with Gasteiger partial charge in [-0.1, -0.05) is 54.6 Å². The van der Waals surface area contributed by atoms with Gasteiger partial charge in [-0.2, -0.15) is 26.3 Å². The molecule has 2 heterocycles. The number of halogens is 6. The fourth-order valence-corrected chi connectivity index (χ4v) is 4.33. The molecule has 0 aliphatic carbocycles. The lowest BCUT2D eigenvalue weighted by Crippen LogP contribution is -2.26. The number of aromatic nitrogens is 3. The maximum absolute atomic E-state index is 14.1. The molecule has 5 rings (SSSR count). The summed E-state index contributed by atoms with van der Waals surface area (Å²) in [5.74, 6) is -0.573. The zero-order chi connectivity index (χ0) is 27.9. The first kappa shape index (κ1) is 26.0. The molecule has 0 aliphatic rings. The summed E-state index contributed by atoms with van der Waals surface area (Å²) in [7, 11) is 0. The minimum atomic E-state index is -4.83. The van der Waals surface area contributed by atoms with Crippen LogP contribution in [0.25, 0.3) is 27.5 Å². The molecule has 0 atom stereocenters. The molecular formula is C27H18F6N4O2. The van der Waals surface area contributed by atoms with Crippen molar-refractivity contribution in [1.82, 2.24) is 19.9 Å². The molecule has 0 bridgehead atoms. The summed E-state index contributed by atoms with van der Waals surface area (Å²) in [6.45, 7) is -0.285. The third kappa shape index (κ3) is 5.22. The van der Waals surface area contributed by atoms with E-state index in [0.717, 1.165) is 18.2 Å². The molecule has 0 spiro atoms. The van der Waals surface area contributed by atoms with E-state index in [9.17, 15) is 35.9 Å². The Balaban J connectivity index is 1.48. The summed E-state index contributed by atoms with van der Waals surface area (Å²) in [5, 5.41) is 5.85. The Bertz CT molecular complexity index is 1750. The summed E-state index contributed by atoms with van der Waals surface area (Å²) >= 11 is 0. The smallest absolute Gasteiger partial charge is 0.350 e. The number of alkyl halides is 6. The Morgan fingerprint density at radius 3 is 2.28 bits per heavy atom. The summed E-state index contributed by atoms with van der Waals surface area (Å²) < 4.78 is 81.1. The van der Waals surface area contributed by atoms with Crippen molar-refractivity contribution in [3.63, 3.8) is 0 Å². The first-order valence-electron chi connectivity index (χ1n) is 11.5. The van der Waals surface area contributed by atoms with E-state index in [2.05, 4.69) is 15.4 Å². The molecule has 0 fully saturated rings. The van der Waals surface area contributed by atoms with E-state index >= 15 is 0 Å². The van der Waals surface area contributed by atoms with Crippen LogP contribution in [0.15, 0.2) is 77.6 Å². The van der Waals surface area contributed by atoms with Crippen LogP contribution in [-0.4, -0.2) is 20.5 Å². The quantitative estimate of drug-likeness (QED) is 0.277. The van der Waals surface area contributed by atoms with Crippen LogP contribution in [0.1, 0.15) is 22.5 Å². The van der Waals surface area contributed by atoms with Crippen LogP contribution >= 0.6 is 0 Å². The summed E-state index contributed by atoms with van der Waals surface area (Å²) in [6, 6.07) is 16.8. The number of amides is 1. The van der Waals surface area contributed by atoms with E-state index in [1.54, 1.807) is 36.4 Å². The van der Waals surface area contributed by atoms with Crippen LogP contribution < -0.4 is 10.9 Å². The Labute approximate surface area is 215 Å². The van der Waals surface area contributed by atoms with Gasteiger partial charge in [-0.15, -0.1) is 0 Å². The molecule has 5 aromatic rings. The van der Waals surface area contributed by atoms with Crippen LogP contribution in [0.2, 0.25) is 0 Å². The highest BCUT2D eigenvalue weighted by Crippen LogP contribution is 2.40. The molecule has 2 N–H and O–H groups in total. The van der Waals surface area contributed by atoms with Crippen molar-refractivity contribution in [2.24, 2.45) is 0 Å². The van der Waals surface area contributed by atoms with Crippen LogP contribution in [0.4, 0.5) is 26.3 Å². The summed E-state index contributed by atoms with van der Waals surface area (Å²) in [6.07, 6.45) is -9.58. The SMILES string of the molecule is O=C(Cc1ccc(C(F)(F)F)cc1)NCc1cc(=O)n2[nH]c(C(F)(F)F)c(-c3cccc4ccccc34)c2n1. The zero-order valence-electron chi connectivity index (χ0n) is 19.8. The predicted molar refractivity (Wildman–Crippen MR) is 131 cm³/mol. The Morgan fingerprint density at radius 1 is 0.897 bits per heavy atom. The van der Waals surface area contributed by atoms with E-state index in [1.165, 1.54) is 18.2 Å². The first-order chi connectivity index (χ1) is 18.4. The van der Waals surface area contributed by atoms with E-state index in [4.69, 9.17) is 0 Å². The molecular weight excluding hydrogens is 526 g/mol. The molecule has 200 valence electrons. The number of rotatable bonds is 5. The van der Waals surface area contributed by atoms with E-state index in [0.29, 0.717) is 20.9 Å². The number of aromatic amines is 1. The second-order valence-corrected chi connectivity index (χ2v) is 8.78. The maximum Gasteiger partial charge on any atom is 0.433 e. The number of carbonyl (C=O) groups is 1. The molecule has 6 nitrogen and oxygen atoms in total. The molecule has 3 aromatic carbocycles. The number of hydrogen-bond donors (Lipinski definition) is 2. The molecule has 0 unspecified atom stereocenters. The number of benzene rings is 3. The highest BCUT2D eigenvalue weighted by Gasteiger charge is 2.38. The second-order valence-electron chi connectivity index (χ2n) is 8.78. The Kier molecular flexibility index (Phi) is 6.41. The van der Waals surface area contributed by atoms with Crippen LogP contribution in [0, 0.1) is 0 Å². The highest BCUT2D eigenvalue weighted by atomic mass is 19.4. The first-order valence-corrected chi connectivity index (χ1v) is 11.5. The second kappa shape index (κ2) is 9.61.